The molecule has 0 aliphatic rings. The van der Waals surface area contributed by atoms with E-state index in [2.05, 4.69) is 15.6 Å². The van der Waals surface area contributed by atoms with E-state index in [4.69, 9.17) is 0 Å². The molecule has 0 spiro atoms. The molecule has 0 unspecified atom stereocenters. The fraction of sp³-hybridized carbons (Fsp3) is 0.316. The van der Waals surface area contributed by atoms with Crippen molar-refractivity contribution < 1.29 is 18.0 Å². The van der Waals surface area contributed by atoms with Gasteiger partial charge in [-0.25, -0.2) is 8.42 Å². The molecule has 1 atom stereocenters. The summed E-state index contributed by atoms with van der Waals surface area (Å²) in [6, 6.07) is 9.94. The van der Waals surface area contributed by atoms with Crippen LogP contribution in [0.15, 0.2) is 53.7 Å². The van der Waals surface area contributed by atoms with Gasteiger partial charge in [0.2, 0.25) is 0 Å². The molecule has 0 aliphatic heterocycles. The van der Waals surface area contributed by atoms with E-state index >= 15 is 0 Å². The van der Waals surface area contributed by atoms with Gasteiger partial charge in [-0.15, -0.1) is 0 Å². The maximum absolute atomic E-state index is 13.2. The number of hydrogen-bond donors (Lipinski definition) is 2. The van der Waals surface area contributed by atoms with Crippen LogP contribution >= 0.6 is 0 Å². The maximum Gasteiger partial charge on any atom is 0.309 e. The van der Waals surface area contributed by atoms with Gasteiger partial charge in [-0.2, -0.15) is 0 Å². The van der Waals surface area contributed by atoms with Crippen LogP contribution in [0.2, 0.25) is 0 Å². The highest BCUT2D eigenvalue weighted by Gasteiger charge is 2.30. The number of hydrogen-bond acceptors (Lipinski definition) is 5. The van der Waals surface area contributed by atoms with Crippen LogP contribution in [-0.4, -0.2) is 38.8 Å². The molecule has 2 amide bonds. The van der Waals surface area contributed by atoms with Crippen LogP contribution in [0.5, 0.6) is 0 Å². The number of nitrogens with one attached hydrogen (secondary N) is 2. The quantitative estimate of drug-likeness (QED) is 0.730. The Kier molecular flexibility index (Phi) is 6.68. The first-order chi connectivity index (χ1) is 12.8. The molecule has 0 fully saturated rings. The first kappa shape index (κ1) is 20.6. The molecule has 8 heteroatoms. The predicted octanol–water partition coefficient (Wildman–Crippen LogP) is 1.58. The van der Waals surface area contributed by atoms with Gasteiger partial charge in [0.1, 0.15) is 5.25 Å². The largest absolute Gasteiger partial charge is 0.351 e. The van der Waals surface area contributed by atoms with Gasteiger partial charge in [-0.3, -0.25) is 14.6 Å². The van der Waals surface area contributed by atoms with E-state index in [9.17, 15) is 18.0 Å². The minimum atomic E-state index is -3.81. The van der Waals surface area contributed by atoms with Crippen molar-refractivity contribution in [1.82, 2.24) is 15.6 Å². The standard InChI is InChI=1S/C19H23N3O4S/c1-13(2)14-6-8-16(9-7-14)27(25,26)17(15-5-4-10-21-11-15)12-22-19(24)18(23)20-3/h4-11,13,17H,12H2,1-3H3,(H,20,23)(H,22,24)/t17-/m0/s1. The molecule has 2 rings (SSSR count). The van der Waals surface area contributed by atoms with Crippen molar-refractivity contribution in [3.63, 3.8) is 0 Å². The summed E-state index contributed by atoms with van der Waals surface area (Å²) in [7, 11) is -2.48. The maximum atomic E-state index is 13.2. The van der Waals surface area contributed by atoms with E-state index in [1.165, 1.54) is 19.4 Å². The van der Waals surface area contributed by atoms with Gasteiger partial charge in [-0.1, -0.05) is 32.0 Å². The zero-order valence-electron chi connectivity index (χ0n) is 15.5. The van der Waals surface area contributed by atoms with Crippen molar-refractivity contribution >= 4 is 21.7 Å². The topological polar surface area (TPSA) is 105 Å². The molecule has 0 bridgehead atoms. The van der Waals surface area contributed by atoms with Gasteiger partial charge in [0.05, 0.1) is 4.90 Å². The van der Waals surface area contributed by atoms with Crippen LogP contribution < -0.4 is 10.6 Å². The molecule has 0 saturated carbocycles. The lowest BCUT2D eigenvalue weighted by atomic mass is 10.0. The lowest BCUT2D eigenvalue weighted by Gasteiger charge is -2.19. The first-order valence-corrected chi connectivity index (χ1v) is 10.1. The second-order valence-corrected chi connectivity index (χ2v) is 8.46. The minimum absolute atomic E-state index is 0.148. The fourth-order valence-electron chi connectivity index (χ4n) is 2.56. The van der Waals surface area contributed by atoms with Crippen molar-refractivity contribution in [2.24, 2.45) is 0 Å². The van der Waals surface area contributed by atoms with Gasteiger partial charge in [0.15, 0.2) is 9.84 Å². The molecule has 1 aromatic carbocycles. The highest BCUT2D eigenvalue weighted by atomic mass is 32.2. The van der Waals surface area contributed by atoms with Crippen molar-refractivity contribution in [3.05, 3.63) is 59.9 Å². The van der Waals surface area contributed by atoms with Crippen molar-refractivity contribution in [2.45, 2.75) is 29.9 Å². The molecule has 1 heterocycles. The Bertz CT molecular complexity index is 894. The van der Waals surface area contributed by atoms with Crippen LogP contribution in [0, 0.1) is 0 Å². The van der Waals surface area contributed by atoms with Crippen LogP contribution in [0.1, 0.15) is 36.1 Å². The number of aromatic nitrogens is 1. The average molecular weight is 389 g/mol. The molecule has 0 saturated heterocycles. The fourth-order valence-corrected chi connectivity index (χ4v) is 4.20. The smallest absolute Gasteiger partial charge is 0.309 e. The van der Waals surface area contributed by atoms with E-state index in [-0.39, 0.29) is 17.4 Å². The van der Waals surface area contributed by atoms with Gasteiger partial charge >= 0.3 is 11.8 Å². The second kappa shape index (κ2) is 8.77. The SMILES string of the molecule is CNC(=O)C(=O)NC[C@@H](c1cccnc1)S(=O)(=O)c1ccc(C(C)C)cc1. The molecule has 144 valence electrons. The Labute approximate surface area is 159 Å². The lowest BCUT2D eigenvalue weighted by Crippen LogP contribution is -2.41. The van der Waals surface area contributed by atoms with E-state index in [1.807, 2.05) is 13.8 Å². The Morgan fingerprint density at radius 3 is 2.22 bits per heavy atom. The summed E-state index contributed by atoms with van der Waals surface area (Å²) in [6.45, 7) is 3.80. The number of rotatable bonds is 6. The highest BCUT2D eigenvalue weighted by Crippen LogP contribution is 2.29. The summed E-state index contributed by atoms with van der Waals surface area (Å²) in [5.41, 5.74) is 1.46. The number of benzene rings is 1. The summed E-state index contributed by atoms with van der Waals surface area (Å²) in [5, 5.41) is 3.52. The molecule has 27 heavy (non-hydrogen) atoms. The molecule has 0 aliphatic carbocycles. The Hall–Kier alpha value is -2.74. The molecule has 2 N–H and O–H groups in total. The Morgan fingerprint density at radius 2 is 1.70 bits per heavy atom. The molecular formula is C19H23N3O4S. The van der Waals surface area contributed by atoms with E-state index in [1.54, 1.807) is 36.4 Å². The van der Waals surface area contributed by atoms with Crippen molar-refractivity contribution in [2.75, 3.05) is 13.6 Å². The van der Waals surface area contributed by atoms with E-state index < -0.39 is 26.9 Å². The number of amides is 2. The summed E-state index contributed by atoms with van der Waals surface area (Å²) in [6.07, 6.45) is 2.98. The van der Waals surface area contributed by atoms with Gasteiger partial charge in [0, 0.05) is 26.0 Å². The zero-order chi connectivity index (χ0) is 20.0. The van der Waals surface area contributed by atoms with Crippen molar-refractivity contribution in [1.29, 1.82) is 0 Å². The van der Waals surface area contributed by atoms with Gasteiger partial charge in [0.25, 0.3) is 0 Å². The van der Waals surface area contributed by atoms with E-state index in [0.29, 0.717) is 5.56 Å². The summed E-state index contributed by atoms with van der Waals surface area (Å²) >= 11 is 0. The van der Waals surface area contributed by atoms with Crippen LogP contribution in [-0.2, 0) is 19.4 Å². The second-order valence-electron chi connectivity index (χ2n) is 6.33. The third-order valence-electron chi connectivity index (χ3n) is 4.19. The third-order valence-corrected chi connectivity index (χ3v) is 6.30. The first-order valence-electron chi connectivity index (χ1n) is 8.51. The predicted molar refractivity (Wildman–Crippen MR) is 102 cm³/mol. The van der Waals surface area contributed by atoms with Crippen LogP contribution in [0.25, 0.3) is 0 Å². The summed E-state index contributed by atoms with van der Waals surface area (Å²) < 4.78 is 26.4. The molecular weight excluding hydrogens is 366 g/mol. The third kappa shape index (κ3) is 4.91. The van der Waals surface area contributed by atoms with Gasteiger partial charge < -0.3 is 10.6 Å². The number of nitrogens with zero attached hydrogens (tertiary/aromatic N) is 1. The zero-order valence-corrected chi connectivity index (χ0v) is 16.3. The molecule has 7 nitrogen and oxygen atoms in total. The summed E-state index contributed by atoms with van der Waals surface area (Å²) in [4.78, 5) is 27.3. The Morgan fingerprint density at radius 1 is 1.04 bits per heavy atom. The van der Waals surface area contributed by atoms with Crippen molar-refractivity contribution in [3.8, 4) is 0 Å². The lowest BCUT2D eigenvalue weighted by molar-refractivity contribution is -0.138. The number of likely N-dealkylation sites (N-methyl/N-ethyl adjacent to an activating group) is 1. The van der Waals surface area contributed by atoms with Gasteiger partial charge in [-0.05, 0) is 35.2 Å². The van der Waals surface area contributed by atoms with Crippen LogP contribution in [0.4, 0.5) is 0 Å². The number of pyridine rings is 1. The highest BCUT2D eigenvalue weighted by molar-refractivity contribution is 7.91. The van der Waals surface area contributed by atoms with E-state index in [0.717, 1.165) is 5.56 Å². The number of carbonyl (C=O) groups is 2. The number of sulfone groups is 1. The average Bonchev–Trinajstić information content (AvgIpc) is 2.68. The van der Waals surface area contributed by atoms with Crippen LogP contribution in [0.3, 0.4) is 0 Å². The minimum Gasteiger partial charge on any atom is -0.351 e. The number of carbonyl (C=O) groups excluding carboxylic acids is 2. The normalized spacial score (nSPS) is 12.4. The Balaban J connectivity index is 2.36. The molecule has 0 radical (unpaired) electrons. The molecule has 1 aromatic heterocycles. The molecule has 2 aromatic rings. The monoisotopic (exact) mass is 389 g/mol. The summed E-state index contributed by atoms with van der Waals surface area (Å²) in [5.74, 6) is -1.45.